The highest BCUT2D eigenvalue weighted by Crippen LogP contribution is 2.39. The first-order valence-corrected chi connectivity index (χ1v) is 9.56. The minimum Gasteiger partial charge on any atom is -0.337 e. The molecule has 2 aromatic heterocycles. The van der Waals surface area contributed by atoms with E-state index in [9.17, 15) is 4.79 Å². The van der Waals surface area contributed by atoms with Crippen molar-refractivity contribution in [1.29, 1.82) is 0 Å². The van der Waals surface area contributed by atoms with Gasteiger partial charge in [0.25, 0.3) is 0 Å². The number of amides is 1. The predicted octanol–water partition coefficient (Wildman–Crippen LogP) is 5.89. The smallest absolute Gasteiger partial charge is 0.239 e. The van der Waals surface area contributed by atoms with Crippen LogP contribution in [0.25, 0.3) is 22.4 Å². The van der Waals surface area contributed by atoms with Crippen LogP contribution in [0.15, 0.2) is 77.6 Å². The summed E-state index contributed by atoms with van der Waals surface area (Å²) in [7, 11) is 0. The van der Waals surface area contributed by atoms with Crippen LogP contribution in [0.5, 0.6) is 0 Å². The third-order valence-corrected chi connectivity index (χ3v) is 5.05. The molecule has 0 aliphatic carbocycles. The van der Waals surface area contributed by atoms with Crippen molar-refractivity contribution in [2.24, 2.45) is 0 Å². The van der Waals surface area contributed by atoms with Gasteiger partial charge in [0.15, 0.2) is 0 Å². The molecule has 2 heterocycles. The summed E-state index contributed by atoms with van der Waals surface area (Å²) in [5.41, 5.74) is 3.62. The molecule has 144 valence electrons. The van der Waals surface area contributed by atoms with E-state index < -0.39 is 0 Å². The zero-order chi connectivity index (χ0) is 20.2. The minimum absolute atomic E-state index is 0.205. The second kappa shape index (κ2) is 8.47. The largest absolute Gasteiger partial charge is 0.337 e. The van der Waals surface area contributed by atoms with Crippen LogP contribution in [-0.2, 0) is 11.2 Å². The summed E-state index contributed by atoms with van der Waals surface area (Å²) in [6.07, 6.45) is 3.55. The van der Waals surface area contributed by atoms with E-state index in [4.69, 9.17) is 27.7 Å². The molecule has 0 saturated heterocycles. The standard InChI is InChI=1S/C22H15Cl2N3O2/c23-17-7-6-16(13-18(17)24)21-20(15-8-10-25-11-9-15)22(29-27-21)26-19(28)12-14-4-2-1-3-5-14/h1-11,13H,12H2,(H,26,28). The Kier molecular flexibility index (Phi) is 5.60. The number of hydrogen-bond donors (Lipinski definition) is 1. The SMILES string of the molecule is O=C(Cc1ccccc1)Nc1onc(-c2ccc(Cl)c(Cl)c2)c1-c1ccncc1. The van der Waals surface area contributed by atoms with Gasteiger partial charge in [0.2, 0.25) is 11.8 Å². The number of hydrogen-bond acceptors (Lipinski definition) is 4. The molecule has 1 N–H and O–H groups in total. The lowest BCUT2D eigenvalue weighted by Gasteiger charge is -2.07. The quantitative estimate of drug-likeness (QED) is 0.434. The van der Waals surface area contributed by atoms with Gasteiger partial charge >= 0.3 is 0 Å². The van der Waals surface area contributed by atoms with Crippen molar-refractivity contribution >= 4 is 35.0 Å². The Morgan fingerprint density at radius 3 is 2.41 bits per heavy atom. The van der Waals surface area contributed by atoms with Gasteiger partial charge in [-0.2, -0.15) is 0 Å². The molecule has 4 rings (SSSR count). The fourth-order valence-electron chi connectivity index (χ4n) is 2.95. The Hall–Kier alpha value is -3.15. The monoisotopic (exact) mass is 423 g/mol. The molecule has 29 heavy (non-hydrogen) atoms. The molecule has 2 aromatic carbocycles. The normalized spacial score (nSPS) is 10.7. The highest BCUT2D eigenvalue weighted by Gasteiger charge is 2.21. The van der Waals surface area contributed by atoms with Gasteiger partial charge in [0.1, 0.15) is 5.69 Å². The van der Waals surface area contributed by atoms with E-state index in [0.29, 0.717) is 21.3 Å². The second-order valence-corrected chi connectivity index (χ2v) is 7.13. The van der Waals surface area contributed by atoms with Crippen LogP contribution in [0.3, 0.4) is 0 Å². The summed E-state index contributed by atoms with van der Waals surface area (Å²) in [4.78, 5) is 16.6. The van der Waals surface area contributed by atoms with Gasteiger partial charge < -0.3 is 4.52 Å². The number of halogens is 2. The van der Waals surface area contributed by atoms with Gasteiger partial charge in [-0.05, 0) is 35.4 Å². The third kappa shape index (κ3) is 4.31. The first kappa shape index (κ1) is 19.2. The molecule has 0 atom stereocenters. The first-order chi connectivity index (χ1) is 14.1. The number of nitrogens with one attached hydrogen (secondary N) is 1. The average Bonchev–Trinajstić information content (AvgIpc) is 3.14. The molecule has 0 spiro atoms. The maximum Gasteiger partial charge on any atom is 0.239 e. The molecule has 4 aromatic rings. The lowest BCUT2D eigenvalue weighted by Crippen LogP contribution is -2.14. The van der Waals surface area contributed by atoms with Crippen LogP contribution in [0.1, 0.15) is 5.56 Å². The van der Waals surface area contributed by atoms with Crippen molar-refractivity contribution in [3.05, 3.63) is 88.7 Å². The number of carbonyl (C=O) groups is 1. The summed E-state index contributed by atoms with van der Waals surface area (Å²) in [6, 6.07) is 18.3. The number of pyridine rings is 1. The van der Waals surface area contributed by atoms with Gasteiger partial charge in [-0.3, -0.25) is 15.1 Å². The molecule has 0 aliphatic heterocycles. The summed E-state index contributed by atoms with van der Waals surface area (Å²) in [5, 5.41) is 7.86. The fraction of sp³-hybridized carbons (Fsp3) is 0.0455. The summed E-state index contributed by atoms with van der Waals surface area (Å²) in [6.45, 7) is 0. The second-order valence-electron chi connectivity index (χ2n) is 6.31. The van der Waals surface area contributed by atoms with Crippen molar-refractivity contribution in [3.63, 3.8) is 0 Å². The van der Waals surface area contributed by atoms with Gasteiger partial charge in [-0.25, -0.2) is 0 Å². The molecule has 5 nitrogen and oxygen atoms in total. The van der Waals surface area contributed by atoms with Crippen molar-refractivity contribution in [2.75, 3.05) is 5.32 Å². The van der Waals surface area contributed by atoms with Crippen molar-refractivity contribution < 1.29 is 9.32 Å². The third-order valence-electron chi connectivity index (χ3n) is 4.31. The van der Waals surface area contributed by atoms with Gasteiger partial charge in [0, 0.05) is 18.0 Å². The van der Waals surface area contributed by atoms with Gasteiger partial charge in [0.05, 0.1) is 22.0 Å². The molecule has 0 unspecified atom stereocenters. The van der Waals surface area contributed by atoms with Gasteiger partial charge in [-0.1, -0.05) is 64.8 Å². The van der Waals surface area contributed by atoms with E-state index in [1.807, 2.05) is 42.5 Å². The van der Waals surface area contributed by atoms with Crippen molar-refractivity contribution in [3.8, 4) is 22.4 Å². The van der Waals surface area contributed by atoms with Crippen molar-refractivity contribution in [2.45, 2.75) is 6.42 Å². The van der Waals surface area contributed by atoms with Crippen LogP contribution in [0.4, 0.5) is 5.88 Å². The Bertz CT molecular complexity index is 1150. The summed E-state index contributed by atoms with van der Waals surface area (Å²) in [5.74, 6) is 0.0570. The Balaban J connectivity index is 1.71. The average molecular weight is 424 g/mol. The lowest BCUT2D eigenvalue weighted by atomic mass is 10.0. The first-order valence-electron chi connectivity index (χ1n) is 8.81. The lowest BCUT2D eigenvalue weighted by molar-refractivity contribution is -0.115. The highest BCUT2D eigenvalue weighted by molar-refractivity contribution is 6.42. The zero-order valence-electron chi connectivity index (χ0n) is 15.1. The minimum atomic E-state index is -0.205. The van der Waals surface area contributed by atoms with E-state index in [-0.39, 0.29) is 18.2 Å². The van der Waals surface area contributed by atoms with E-state index in [1.54, 1.807) is 30.6 Å². The number of rotatable bonds is 5. The van der Waals surface area contributed by atoms with E-state index >= 15 is 0 Å². The molecular formula is C22H15Cl2N3O2. The Morgan fingerprint density at radius 2 is 1.69 bits per heavy atom. The van der Waals surface area contributed by atoms with Crippen LogP contribution >= 0.6 is 23.2 Å². The van der Waals surface area contributed by atoms with Crippen LogP contribution in [-0.4, -0.2) is 16.0 Å². The van der Waals surface area contributed by atoms with Crippen molar-refractivity contribution in [1.82, 2.24) is 10.1 Å². The zero-order valence-corrected chi connectivity index (χ0v) is 16.6. The fourth-order valence-corrected chi connectivity index (χ4v) is 3.25. The van der Waals surface area contributed by atoms with E-state index in [2.05, 4.69) is 15.5 Å². The molecule has 0 aliphatic rings. The number of carbonyl (C=O) groups excluding carboxylic acids is 1. The number of aromatic nitrogens is 2. The molecule has 1 amide bonds. The van der Waals surface area contributed by atoms with Crippen LogP contribution in [0, 0.1) is 0 Å². The summed E-state index contributed by atoms with van der Waals surface area (Å²) < 4.78 is 5.50. The number of nitrogens with zero attached hydrogens (tertiary/aromatic N) is 2. The predicted molar refractivity (Wildman–Crippen MR) is 114 cm³/mol. The molecular weight excluding hydrogens is 409 g/mol. The molecule has 0 radical (unpaired) electrons. The summed E-state index contributed by atoms with van der Waals surface area (Å²) >= 11 is 12.2. The van der Waals surface area contributed by atoms with E-state index in [0.717, 1.165) is 16.7 Å². The topological polar surface area (TPSA) is 68.0 Å². The Morgan fingerprint density at radius 1 is 0.931 bits per heavy atom. The Labute approximate surface area is 177 Å². The number of benzene rings is 2. The van der Waals surface area contributed by atoms with E-state index in [1.165, 1.54) is 0 Å². The maximum absolute atomic E-state index is 12.6. The van der Waals surface area contributed by atoms with Crippen LogP contribution in [0.2, 0.25) is 10.0 Å². The number of anilines is 1. The van der Waals surface area contributed by atoms with Crippen LogP contribution < -0.4 is 5.32 Å². The molecule has 7 heteroatoms. The molecule has 0 bridgehead atoms. The van der Waals surface area contributed by atoms with Gasteiger partial charge in [-0.15, -0.1) is 0 Å². The molecule has 0 fully saturated rings. The highest BCUT2D eigenvalue weighted by atomic mass is 35.5. The molecule has 0 saturated carbocycles. The maximum atomic E-state index is 12.6.